The lowest BCUT2D eigenvalue weighted by molar-refractivity contribution is -0.122. The number of carbonyl (C=O) groups is 3. The van der Waals surface area contributed by atoms with Crippen LogP contribution in [0.3, 0.4) is 0 Å². The maximum absolute atomic E-state index is 11.5. The molecule has 3 amide bonds. The van der Waals surface area contributed by atoms with Gasteiger partial charge in [-0.05, 0) is 12.1 Å². The molecule has 0 bridgehead atoms. The SMILES string of the molecule is NC(=O)COCCNC(=O)Nc1ccc(C(=O)O)c(O)c1. The molecule has 114 valence electrons. The third kappa shape index (κ3) is 5.78. The molecule has 0 saturated carbocycles. The molecule has 0 aliphatic carbocycles. The second-order valence-electron chi connectivity index (χ2n) is 3.94. The first kappa shape index (κ1) is 16.2. The van der Waals surface area contributed by atoms with Gasteiger partial charge in [0.1, 0.15) is 17.9 Å². The minimum atomic E-state index is -1.27. The molecule has 0 saturated heterocycles. The first-order valence-electron chi connectivity index (χ1n) is 5.87. The number of phenols is 1. The molecular formula is C12H15N3O6. The summed E-state index contributed by atoms with van der Waals surface area (Å²) in [6.07, 6.45) is 0. The van der Waals surface area contributed by atoms with Gasteiger partial charge in [-0.3, -0.25) is 4.79 Å². The molecule has 9 heteroatoms. The number of ether oxygens (including phenoxy) is 1. The van der Waals surface area contributed by atoms with Crippen molar-refractivity contribution in [3.8, 4) is 5.75 Å². The van der Waals surface area contributed by atoms with Crippen LogP contribution in [0.2, 0.25) is 0 Å². The molecule has 0 spiro atoms. The largest absolute Gasteiger partial charge is 0.507 e. The van der Waals surface area contributed by atoms with E-state index in [9.17, 15) is 19.5 Å². The molecule has 1 aromatic rings. The number of hydrogen-bond acceptors (Lipinski definition) is 5. The number of rotatable bonds is 7. The van der Waals surface area contributed by atoms with Gasteiger partial charge < -0.3 is 31.3 Å². The van der Waals surface area contributed by atoms with Crippen LogP contribution in [0, 0.1) is 0 Å². The zero-order valence-electron chi connectivity index (χ0n) is 11.0. The Morgan fingerprint density at radius 3 is 2.57 bits per heavy atom. The van der Waals surface area contributed by atoms with Crippen LogP contribution in [0.1, 0.15) is 10.4 Å². The number of aromatic hydroxyl groups is 1. The van der Waals surface area contributed by atoms with E-state index in [-0.39, 0.29) is 31.0 Å². The Bertz CT molecular complexity index is 546. The number of primary amides is 1. The van der Waals surface area contributed by atoms with Crippen LogP contribution < -0.4 is 16.4 Å². The fraction of sp³-hybridized carbons (Fsp3) is 0.250. The molecule has 0 aliphatic heterocycles. The van der Waals surface area contributed by atoms with E-state index in [1.54, 1.807) is 0 Å². The normalized spacial score (nSPS) is 9.90. The number of nitrogens with two attached hydrogens (primary N) is 1. The van der Waals surface area contributed by atoms with E-state index in [2.05, 4.69) is 10.6 Å². The number of anilines is 1. The highest BCUT2D eigenvalue weighted by Gasteiger charge is 2.10. The first-order valence-corrected chi connectivity index (χ1v) is 5.87. The zero-order chi connectivity index (χ0) is 15.8. The lowest BCUT2D eigenvalue weighted by Crippen LogP contribution is -2.32. The number of benzene rings is 1. The van der Waals surface area contributed by atoms with Crippen molar-refractivity contribution in [3.63, 3.8) is 0 Å². The number of nitrogens with one attached hydrogen (secondary N) is 2. The second kappa shape index (κ2) is 7.70. The molecule has 9 nitrogen and oxygen atoms in total. The number of carboxylic acids is 1. The van der Waals surface area contributed by atoms with E-state index < -0.39 is 23.7 Å². The Balaban J connectivity index is 2.39. The lowest BCUT2D eigenvalue weighted by Gasteiger charge is -2.08. The van der Waals surface area contributed by atoms with Gasteiger partial charge in [-0.2, -0.15) is 0 Å². The van der Waals surface area contributed by atoms with Gasteiger partial charge in [0.05, 0.1) is 6.61 Å². The Kier molecular flexibility index (Phi) is 5.96. The quantitative estimate of drug-likeness (QED) is 0.436. The molecule has 0 fully saturated rings. The fourth-order valence-electron chi connectivity index (χ4n) is 1.38. The summed E-state index contributed by atoms with van der Waals surface area (Å²) < 4.78 is 4.83. The highest BCUT2D eigenvalue weighted by molar-refractivity contribution is 5.93. The van der Waals surface area contributed by atoms with Crippen LogP contribution in [0.4, 0.5) is 10.5 Å². The molecular weight excluding hydrogens is 282 g/mol. The van der Waals surface area contributed by atoms with Gasteiger partial charge in [0.2, 0.25) is 5.91 Å². The minimum Gasteiger partial charge on any atom is -0.507 e. The maximum atomic E-state index is 11.5. The average Bonchev–Trinajstić information content (AvgIpc) is 2.37. The van der Waals surface area contributed by atoms with Crippen molar-refractivity contribution in [2.45, 2.75) is 0 Å². The van der Waals surface area contributed by atoms with Gasteiger partial charge in [-0.25, -0.2) is 9.59 Å². The maximum Gasteiger partial charge on any atom is 0.339 e. The van der Waals surface area contributed by atoms with Crippen LogP contribution in [-0.2, 0) is 9.53 Å². The molecule has 1 aromatic carbocycles. The van der Waals surface area contributed by atoms with E-state index in [1.165, 1.54) is 12.1 Å². The predicted octanol–water partition coefficient (Wildman–Crippen LogP) is -0.286. The molecule has 21 heavy (non-hydrogen) atoms. The van der Waals surface area contributed by atoms with Crippen molar-refractivity contribution >= 4 is 23.6 Å². The van der Waals surface area contributed by atoms with Crippen LogP contribution in [0.5, 0.6) is 5.75 Å². The summed E-state index contributed by atoms with van der Waals surface area (Å²) in [5, 5.41) is 23.0. The van der Waals surface area contributed by atoms with E-state index in [1.807, 2.05) is 0 Å². The van der Waals surface area contributed by atoms with Crippen LogP contribution in [0.25, 0.3) is 0 Å². The fourth-order valence-corrected chi connectivity index (χ4v) is 1.38. The number of carboxylic acid groups (broad SMARTS) is 1. The van der Waals surface area contributed by atoms with Crippen LogP contribution in [-0.4, -0.2) is 47.9 Å². The molecule has 6 N–H and O–H groups in total. The molecule has 0 unspecified atom stereocenters. The summed E-state index contributed by atoms with van der Waals surface area (Å²) in [5.74, 6) is -2.33. The van der Waals surface area contributed by atoms with E-state index >= 15 is 0 Å². The van der Waals surface area contributed by atoms with Gasteiger partial charge in [-0.15, -0.1) is 0 Å². The molecule has 0 aliphatic rings. The topological polar surface area (TPSA) is 151 Å². The summed E-state index contributed by atoms with van der Waals surface area (Å²) in [6.45, 7) is 0.0334. The molecule has 0 radical (unpaired) electrons. The second-order valence-corrected chi connectivity index (χ2v) is 3.94. The Morgan fingerprint density at radius 2 is 2.00 bits per heavy atom. The lowest BCUT2D eigenvalue weighted by atomic mass is 10.2. The Hall–Kier alpha value is -2.81. The van der Waals surface area contributed by atoms with Crippen molar-refractivity contribution in [2.24, 2.45) is 5.73 Å². The Labute approximate surface area is 119 Å². The van der Waals surface area contributed by atoms with Crippen molar-refractivity contribution in [1.82, 2.24) is 5.32 Å². The van der Waals surface area contributed by atoms with Crippen molar-refractivity contribution in [1.29, 1.82) is 0 Å². The van der Waals surface area contributed by atoms with Gasteiger partial charge in [-0.1, -0.05) is 0 Å². The van der Waals surface area contributed by atoms with E-state index in [0.29, 0.717) is 0 Å². The summed E-state index contributed by atoms with van der Waals surface area (Å²) in [5.41, 5.74) is 4.82. The standard InChI is InChI=1S/C12H15N3O6/c13-10(17)6-21-4-3-14-12(20)15-7-1-2-8(11(18)19)9(16)5-7/h1-2,5,16H,3-4,6H2,(H2,13,17)(H,18,19)(H2,14,15,20). The average molecular weight is 297 g/mol. The third-order valence-corrected chi connectivity index (χ3v) is 2.26. The minimum absolute atomic E-state index is 0.111. The third-order valence-electron chi connectivity index (χ3n) is 2.26. The highest BCUT2D eigenvalue weighted by Crippen LogP contribution is 2.21. The van der Waals surface area contributed by atoms with Gasteiger partial charge in [0, 0.05) is 18.3 Å². The van der Waals surface area contributed by atoms with E-state index in [0.717, 1.165) is 6.07 Å². The Morgan fingerprint density at radius 1 is 1.29 bits per heavy atom. The monoisotopic (exact) mass is 297 g/mol. The zero-order valence-corrected chi connectivity index (χ0v) is 11.0. The van der Waals surface area contributed by atoms with Gasteiger partial charge in [0.15, 0.2) is 0 Å². The van der Waals surface area contributed by atoms with Crippen LogP contribution >= 0.6 is 0 Å². The van der Waals surface area contributed by atoms with E-state index in [4.69, 9.17) is 15.6 Å². The summed E-state index contributed by atoms with van der Waals surface area (Å²) in [6, 6.07) is 3.06. The molecule has 1 rings (SSSR count). The van der Waals surface area contributed by atoms with Gasteiger partial charge >= 0.3 is 12.0 Å². The number of aromatic carboxylic acids is 1. The first-order chi connectivity index (χ1) is 9.90. The number of urea groups is 1. The number of hydrogen-bond donors (Lipinski definition) is 5. The summed E-state index contributed by atoms with van der Waals surface area (Å²) in [7, 11) is 0. The summed E-state index contributed by atoms with van der Waals surface area (Å²) >= 11 is 0. The smallest absolute Gasteiger partial charge is 0.339 e. The molecule has 0 aromatic heterocycles. The number of carbonyl (C=O) groups excluding carboxylic acids is 2. The molecule has 0 heterocycles. The van der Waals surface area contributed by atoms with Gasteiger partial charge in [0.25, 0.3) is 0 Å². The van der Waals surface area contributed by atoms with Crippen molar-refractivity contribution in [2.75, 3.05) is 25.1 Å². The van der Waals surface area contributed by atoms with Crippen molar-refractivity contribution < 1.29 is 29.3 Å². The number of amides is 3. The predicted molar refractivity (Wildman–Crippen MR) is 72.1 cm³/mol. The van der Waals surface area contributed by atoms with Crippen molar-refractivity contribution in [3.05, 3.63) is 23.8 Å². The highest BCUT2D eigenvalue weighted by atomic mass is 16.5. The molecule has 0 atom stereocenters. The van der Waals surface area contributed by atoms with Crippen LogP contribution in [0.15, 0.2) is 18.2 Å². The summed E-state index contributed by atoms with van der Waals surface area (Å²) in [4.78, 5) is 32.5.